The van der Waals surface area contributed by atoms with Crippen LogP contribution in [-0.4, -0.2) is 16.7 Å². The maximum absolute atomic E-state index is 12.0. The van der Waals surface area contributed by atoms with Crippen molar-refractivity contribution < 1.29 is 4.74 Å². The average Bonchev–Trinajstić information content (AvgIpc) is 2.39. The van der Waals surface area contributed by atoms with E-state index in [2.05, 4.69) is 20.9 Å². The van der Waals surface area contributed by atoms with Crippen molar-refractivity contribution in [2.75, 3.05) is 12.8 Å². The minimum atomic E-state index is -0.109. The number of aromatic nitrogens is 2. The molecular weight excluding hydrogens is 310 g/mol. The van der Waals surface area contributed by atoms with Crippen molar-refractivity contribution in [2.24, 2.45) is 0 Å². The van der Waals surface area contributed by atoms with Gasteiger partial charge in [0.1, 0.15) is 16.0 Å². The zero-order chi connectivity index (χ0) is 14.0. The highest BCUT2D eigenvalue weighted by Gasteiger charge is 2.07. The number of nitrogens with two attached hydrogens (primary N) is 1. The third-order valence-electron chi connectivity index (χ3n) is 2.84. The first kappa shape index (κ1) is 13.6. The summed E-state index contributed by atoms with van der Waals surface area (Å²) in [5.74, 6) is 1.28. The number of nitrogen functional groups attached to an aromatic ring is 1. The number of ether oxygens (including phenoxy) is 1. The van der Waals surface area contributed by atoms with Crippen LogP contribution in [0.2, 0.25) is 0 Å². The van der Waals surface area contributed by atoms with Gasteiger partial charge in [-0.2, -0.15) is 0 Å². The number of halogens is 1. The molecule has 1 aromatic carbocycles. The third kappa shape index (κ3) is 2.78. The molecule has 0 fully saturated rings. The summed E-state index contributed by atoms with van der Waals surface area (Å²) < 4.78 is 7.14. The van der Waals surface area contributed by atoms with Crippen molar-refractivity contribution in [2.45, 2.75) is 13.5 Å². The van der Waals surface area contributed by atoms with Gasteiger partial charge in [-0.15, -0.1) is 0 Å². The number of rotatable bonds is 3. The third-order valence-corrected chi connectivity index (χ3v) is 3.38. The van der Waals surface area contributed by atoms with Crippen LogP contribution in [0.1, 0.15) is 11.4 Å². The molecule has 0 atom stereocenters. The summed E-state index contributed by atoms with van der Waals surface area (Å²) in [6, 6.07) is 5.46. The molecule has 2 aromatic rings. The monoisotopic (exact) mass is 323 g/mol. The van der Waals surface area contributed by atoms with Crippen LogP contribution >= 0.6 is 15.9 Å². The Hall–Kier alpha value is -1.82. The van der Waals surface area contributed by atoms with Gasteiger partial charge in [-0.25, -0.2) is 4.98 Å². The number of anilines is 1. The number of hydrogen-bond donors (Lipinski definition) is 1. The van der Waals surface area contributed by atoms with Crippen molar-refractivity contribution in [3.8, 4) is 5.75 Å². The van der Waals surface area contributed by atoms with Crippen molar-refractivity contribution >= 4 is 21.6 Å². The Labute approximate surface area is 119 Å². The van der Waals surface area contributed by atoms with Gasteiger partial charge in [0.15, 0.2) is 0 Å². The van der Waals surface area contributed by atoms with Crippen molar-refractivity contribution in [3.63, 3.8) is 0 Å². The van der Waals surface area contributed by atoms with Crippen LogP contribution in [0.15, 0.2) is 33.7 Å². The zero-order valence-electron chi connectivity index (χ0n) is 10.7. The molecule has 2 N–H and O–H groups in total. The van der Waals surface area contributed by atoms with Gasteiger partial charge in [-0.1, -0.05) is 6.07 Å². The predicted octanol–water partition coefficient (Wildman–Crippen LogP) is 1.95. The van der Waals surface area contributed by atoms with E-state index in [0.717, 1.165) is 5.56 Å². The smallest absolute Gasteiger partial charge is 0.268 e. The van der Waals surface area contributed by atoms with Crippen molar-refractivity contribution in [1.29, 1.82) is 0 Å². The Morgan fingerprint density at radius 3 is 2.84 bits per heavy atom. The summed E-state index contributed by atoms with van der Waals surface area (Å²) >= 11 is 3.19. The minimum absolute atomic E-state index is 0.109. The topological polar surface area (TPSA) is 70.1 Å². The van der Waals surface area contributed by atoms with E-state index in [1.807, 2.05) is 6.07 Å². The van der Waals surface area contributed by atoms with E-state index in [4.69, 9.17) is 10.5 Å². The molecule has 0 saturated heterocycles. The van der Waals surface area contributed by atoms with E-state index in [1.165, 1.54) is 6.20 Å². The Morgan fingerprint density at radius 1 is 1.47 bits per heavy atom. The maximum atomic E-state index is 12.0. The second-order valence-corrected chi connectivity index (χ2v) is 4.98. The molecule has 0 amide bonds. The standard InChI is InChI=1S/C13H14BrN3O2/c1-8-16-6-10(14)13(18)17(8)7-9-3-4-12(19-2)11(15)5-9/h3-6H,7,15H2,1-2H3. The van der Waals surface area contributed by atoms with E-state index in [1.54, 1.807) is 30.7 Å². The van der Waals surface area contributed by atoms with E-state index >= 15 is 0 Å². The number of hydrogen-bond acceptors (Lipinski definition) is 4. The van der Waals surface area contributed by atoms with Crippen LogP contribution < -0.4 is 16.0 Å². The molecule has 100 valence electrons. The molecule has 0 radical (unpaired) electrons. The summed E-state index contributed by atoms with van der Waals surface area (Å²) in [6.07, 6.45) is 1.51. The molecule has 0 spiro atoms. The Morgan fingerprint density at radius 2 is 2.21 bits per heavy atom. The molecular formula is C13H14BrN3O2. The first-order valence-electron chi connectivity index (χ1n) is 5.67. The molecule has 0 saturated carbocycles. The molecule has 1 heterocycles. The summed E-state index contributed by atoms with van der Waals surface area (Å²) in [7, 11) is 1.57. The first-order valence-corrected chi connectivity index (χ1v) is 6.46. The molecule has 0 unspecified atom stereocenters. The molecule has 2 rings (SSSR count). The lowest BCUT2D eigenvalue weighted by atomic mass is 10.2. The van der Waals surface area contributed by atoms with Gasteiger partial charge < -0.3 is 10.5 Å². The van der Waals surface area contributed by atoms with Gasteiger partial charge in [0, 0.05) is 6.20 Å². The quantitative estimate of drug-likeness (QED) is 0.876. The lowest BCUT2D eigenvalue weighted by molar-refractivity contribution is 0.417. The minimum Gasteiger partial charge on any atom is -0.495 e. The Kier molecular flexibility index (Phi) is 3.90. The van der Waals surface area contributed by atoms with Crippen LogP contribution in [0.3, 0.4) is 0 Å². The lowest BCUT2D eigenvalue weighted by Gasteiger charge is -2.11. The molecule has 5 nitrogen and oxygen atoms in total. The zero-order valence-corrected chi connectivity index (χ0v) is 12.3. The van der Waals surface area contributed by atoms with Crippen LogP contribution in [0, 0.1) is 6.92 Å². The van der Waals surface area contributed by atoms with E-state index in [9.17, 15) is 4.79 Å². The molecule has 1 aromatic heterocycles. The van der Waals surface area contributed by atoms with Crippen molar-refractivity contribution in [3.05, 3.63) is 50.6 Å². The van der Waals surface area contributed by atoms with E-state index < -0.39 is 0 Å². The maximum Gasteiger partial charge on any atom is 0.268 e. The highest BCUT2D eigenvalue weighted by atomic mass is 79.9. The van der Waals surface area contributed by atoms with Gasteiger partial charge in [0.05, 0.1) is 19.3 Å². The van der Waals surface area contributed by atoms with Crippen LogP contribution in [-0.2, 0) is 6.54 Å². The number of nitrogens with zero attached hydrogens (tertiary/aromatic N) is 2. The van der Waals surface area contributed by atoms with E-state index in [0.29, 0.717) is 28.3 Å². The van der Waals surface area contributed by atoms with Crippen molar-refractivity contribution in [1.82, 2.24) is 9.55 Å². The van der Waals surface area contributed by atoms with Crippen LogP contribution in [0.4, 0.5) is 5.69 Å². The Bertz CT molecular complexity index is 667. The van der Waals surface area contributed by atoms with E-state index in [-0.39, 0.29) is 5.56 Å². The number of benzene rings is 1. The van der Waals surface area contributed by atoms with Gasteiger partial charge in [0.25, 0.3) is 5.56 Å². The fraction of sp³-hybridized carbons (Fsp3) is 0.231. The highest BCUT2D eigenvalue weighted by molar-refractivity contribution is 9.10. The second kappa shape index (κ2) is 5.44. The van der Waals surface area contributed by atoms with Gasteiger partial charge >= 0.3 is 0 Å². The van der Waals surface area contributed by atoms with Gasteiger partial charge in [-0.05, 0) is 40.5 Å². The molecule has 19 heavy (non-hydrogen) atoms. The summed E-state index contributed by atoms with van der Waals surface area (Å²) in [5, 5.41) is 0. The molecule has 0 aliphatic heterocycles. The number of methoxy groups -OCH3 is 1. The summed E-state index contributed by atoms with van der Waals surface area (Å²) in [4.78, 5) is 16.2. The Balaban J connectivity index is 2.39. The molecule has 0 aliphatic rings. The fourth-order valence-electron chi connectivity index (χ4n) is 1.80. The van der Waals surface area contributed by atoms with Gasteiger partial charge in [-0.3, -0.25) is 9.36 Å². The molecule has 0 aliphatic carbocycles. The van der Waals surface area contributed by atoms with Gasteiger partial charge in [0.2, 0.25) is 0 Å². The first-order chi connectivity index (χ1) is 9.02. The molecule has 0 bridgehead atoms. The van der Waals surface area contributed by atoms with Crippen LogP contribution in [0.5, 0.6) is 5.75 Å². The summed E-state index contributed by atoms with van der Waals surface area (Å²) in [6.45, 7) is 2.21. The molecule has 6 heteroatoms. The average molecular weight is 324 g/mol. The predicted molar refractivity (Wildman–Crippen MR) is 77.4 cm³/mol. The van der Waals surface area contributed by atoms with Crippen LogP contribution in [0.25, 0.3) is 0 Å². The summed E-state index contributed by atoms with van der Waals surface area (Å²) in [5.41, 5.74) is 7.21. The number of aryl methyl sites for hydroxylation is 1. The second-order valence-electron chi connectivity index (χ2n) is 4.12. The fourth-order valence-corrected chi connectivity index (χ4v) is 2.12. The normalized spacial score (nSPS) is 10.5. The largest absolute Gasteiger partial charge is 0.495 e. The highest BCUT2D eigenvalue weighted by Crippen LogP contribution is 2.22. The SMILES string of the molecule is COc1ccc(Cn2c(C)ncc(Br)c2=O)cc1N. The lowest BCUT2D eigenvalue weighted by Crippen LogP contribution is -2.24.